The molecule has 3 N–H and O–H groups in total. The van der Waals surface area contributed by atoms with E-state index in [2.05, 4.69) is 25.7 Å². The summed E-state index contributed by atoms with van der Waals surface area (Å²) in [5.74, 6) is -3.16. The highest BCUT2D eigenvalue weighted by Crippen LogP contribution is 2.32. The Balaban J connectivity index is 0.000000546. The van der Waals surface area contributed by atoms with Crippen molar-refractivity contribution in [2.75, 3.05) is 0 Å². The van der Waals surface area contributed by atoms with Crippen LogP contribution < -0.4 is 10.6 Å². The van der Waals surface area contributed by atoms with Crippen molar-refractivity contribution in [1.29, 1.82) is 0 Å². The van der Waals surface area contributed by atoms with Gasteiger partial charge in [-0.25, -0.2) is 13.8 Å². The predicted molar refractivity (Wildman–Crippen MR) is 140 cm³/mol. The molecular formula is C27H32F8N6O2. The van der Waals surface area contributed by atoms with Crippen LogP contribution in [0.25, 0.3) is 11.0 Å². The number of halogens is 8. The second-order valence-electron chi connectivity index (χ2n) is 10.3. The Hall–Kier alpha value is -3.72. The summed E-state index contributed by atoms with van der Waals surface area (Å²) in [6.07, 6.45) is -7.77. The number of alkyl halides is 8. The van der Waals surface area contributed by atoms with E-state index in [9.17, 15) is 44.7 Å². The first-order valence-corrected chi connectivity index (χ1v) is 13.6. The average molecular weight is 625 g/mol. The van der Waals surface area contributed by atoms with E-state index in [1.807, 2.05) is 0 Å². The second-order valence-corrected chi connectivity index (χ2v) is 10.3. The number of H-pyrrole nitrogens is 1. The quantitative estimate of drug-likeness (QED) is 0.237. The van der Waals surface area contributed by atoms with Crippen molar-refractivity contribution >= 4 is 22.8 Å². The molecule has 2 amide bonds. The number of aromatic nitrogens is 4. The number of benzene rings is 1. The predicted octanol–water partition coefficient (Wildman–Crippen LogP) is 6.49. The van der Waals surface area contributed by atoms with Gasteiger partial charge < -0.3 is 15.6 Å². The van der Waals surface area contributed by atoms with Gasteiger partial charge in [0.15, 0.2) is 0 Å². The number of nitrogens with zero attached hydrogens (tertiary/aromatic N) is 3. The van der Waals surface area contributed by atoms with Crippen LogP contribution in [-0.2, 0) is 24.4 Å². The van der Waals surface area contributed by atoms with Crippen molar-refractivity contribution in [2.24, 2.45) is 0 Å². The smallest absolute Gasteiger partial charge is 0.352 e. The first kappa shape index (κ1) is 33.8. The Morgan fingerprint density at radius 2 is 1.65 bits per heavy atom. The highest BCUT2D eigenvalue weighted by Gasteiger charge is 2.30. The first-order chi connectivity index (χ1) is 20.0. The zero-order chi connectivity index (χ0) is 31.8. The summed E-state index contributed by atoms with van der Waals surface area (Å²) in [7, 11) is 0. The lowest BCUT2D eigenvalue weighted by atomic mass is 9.97. The summed E-state index contributed by atoms with van der Waals surface area (Å²) in [6.45, 7) is 1.15. The van der Waals surface area contributed by atoms with Crippen molar-refractivity contribution < 1.29 is 44.7 Å². The Kier molecular flexibility index (Phi) is 11.1. The van der Waals surface area contributed by atoms with Gasteiger partial charge in [0.2, 0.25) is 11.8 Å². The summed E-state index contributed by atoms with van der Waals surface area (Å²) in [6, 6.07) is 4.99. The Bertz CT molecular complexity index is 1370. The van der Waals surface area contributed by atoms with E-state index in [1.54, 1.807) is 18.2 Å². The third-order valence-corrected chi connectivity index (χ3v) is 6.68. The van der Waals surface area contributed by atoms with E-state index in [0.717, 1.165) is 11.1 Å². The average Bonchev–Trinajstić information content (AvgIpc) is 3.50. The van der Waals surface area contributed by atoms with Gasteiger partial charge >= 0.3 is 12.4 Å². The van der Waals surface area contributed by atoms with Gasteiger partial charge in [-0.3, -0.25) is 14.3 Å². The molecule has 8 nitrogen and oxygen atoms in total. The van der Waals surface area contributed by atoms with Crippen LogP contribution in [-0.4, -0.2) is 49.8 Å². The number of aromatic amines is 1. The summed E-state index contributed by atoms with van der Waals surface area (Å²) in [5.41, 5.74) is 2.24. The lowest BCUT2D eigenvalue weighted by Gasteiger charge is -2.20. The maximum absolute atomic E-state index is 12.4. The van der Waals surface area contributed by atoms with Crippen LogP contribution in [0.1, 0.15) is 78.8 Å². The normalized spacial score (nSPS) is 15.1. The van der Waals surface area contributed by atoms with Gasteiger partial charge in [0.25, 0.3) is 5.91 Å². The van der Waals surface area contributed by atoms with Gasteiger partial charge in [-0.15, -0.1) is 0 Å². The maximum Gasteiger partial charge on any atom is 0.390 e. The fourth-order valence-electron chi connectivity index (χ4n) is 4.30. The molecular weight excluding hydrogens is 592 g/mol. The molecule has 0 bridgehead atoms. The van der Waals surface area contributed by atoms with E-state index in [4.69, 9.17) is 0 Å². The van der Waals surface area contributed by atoms with Crippen LogP contribution in [0.4, 0.5) is 35.1 Å². The monoisotopic (exact) mass is 624 g/mol. The van der Waals surface area contributed by atoms with Crippen LogP contribution in [0.3, 0.4) is 0 Å². The molecule has 0 radical (unpaired) electrons. The molecule has 3 aromatic rings. The van der Waals surface area contributed by atoms with Gasteiger partial charge in [-0.05, 0) is 37.5 Å². The number of rotatable bonds is 9. The number of nitrogens with one attached hydrogen (secondary N) is 3. The van der Waals surface area contributed by atoms with Crippen LogP contribution >= 0.6 is 0 Å². The van der Waals surface area contributed by atoms with Gasteiger partial charge in [0.1, 0.15) is 5.82 Å². The topological polar surface area (TPSA) is 105 Å². The number of imidazole rings is 1. The molecule has 4 rings (SSSR count). The van der Waals surface area contributed by atoms with Gasteiger partial charge in [0, 0.05) is 38.0 Å². The molecule has 0 spiro atoms. The summed E-state index contributed by atoms with van der Waals surface area (Å²) in [4.78, 5) is 31.3. The lowest BCUT2D eigenvalue weighted by Crippen LogP contribution is -2.24. The van der Waals surface area contributed by atoms with E-state index < -0.39 is 55.9 Å². The molecule has 0 atom stereocenters. The molecule has 43 heavy (non-hydrogen) atoms. The van der Waals surface area contributed by atoms with Crippen molar-refractivity contribution in [3.05, 3.63) is 47.0 Å². The molecule has 1 aromatic carbocycles. The Morgan fingerprint density at radius 1 is 0.977 bits per heavy atom. The minimum Gasteiger partial charge on any atom is -0.352 e. The molecule has 1 saturated carbocycles. The van der Waals surface area contributed by atoms with Crippen molar-refractivity contribution in [2.45, 2.75) is 96.2 Å². The van der Waals surface area contributed by atoms with E-state index in [-0.39, 0.29) is 31.5 Å². The molecule has 1 fully saturated rings. The molecule has 0 unspecified atom stereocenters. The number of amides is 2. The molecule has 0 aliphatic heterocycles. The fourth-order valence-corrected chi connectivity index (χ4v) is 4.30. The Morgan fingerprint density at radius 3 is 2.26 bits per heavy atom. The van der Waals surface area contributed by atoms with Crippen LogP contribution in [0.2, 0.25) is 0 Å². The minimum absolute atomic E-state index is 0.00416. The van der Waals surface area contributed by atoms with Gasteiger partial charge in [-0.2, -0.15) is 31.4 Å². The van der Waals surface area contributed by atoms with Crippen LogP contribution in [0.15, 0.2) is 24.4 Å². The second kappa shape index (κ2) is 14.2. The van der Waals surface area contributed by atoms with Crippen molar-refractivity contribution in [3.8, 4) is 0 Å². The summed E-state index contributed by atoms with van der Waals surface area (Å²) < 4.78 is 99.4. The lowest BCUT2D eigenvalue weighted by molar-refractivity contribution is -0.144. The summed E-state index contributed by atoms with van der Waals surface area (Å²) in [5, 5.41) is 8.89. The molecule has 2 aromatic heterocycles. The Labute approximate surface area is 241 Å². The van der Waals surface area contributed by atoms with Crippen molar-refractivity contribution in [3.63, 3.8) is 0 Å². The maximum atomic E-state index is 12.4. The minimum atomic E-state index is -4.40. The molecule has 1 aliphatic carbocycles. The fraction of sp³-hybridized carbons (Fsp3) is 0.556. The highest BCUT2D eigenvalue weighted by atomic mass is 19.4. The van der Waals surface area contributed by atoms with Gasteiger partial charge in [0.05, 0.1) is 42.2 Å². The highest BCUT2D eigenvalue weighted by molar-refractivity contribution is 5.95. The first-order valence-electron chi connectivity index (χ1n) is 13.6. The molecule has 1 aliphatic rings. The molecule has 0 saturated heterocycles. The molecule has 16 heteroatoms. The van der Waals surface area contributed by atoms with Gasteiger partial charge in [-0.1, -0.05) is 12.5 Å². The number of hydrogen-bond donors (Lipinski definition) is 3. The van der Waals surface area contributed by atoms with Crippen molar-refractivity contribution in [1.82, 2.24) is 30.4 Å². The number of aryl methyl sites for hydroxylation is 1. The number of fused-ring (bicyclic) bond motifs is 1. The standard InChI is InChI=1S/C21H22F6N6O2.C6H10F2/c1-12-14(10-30-33(12)7-6-21(25,26)27)19(35)29-11-17-31-15-3-2-13(8-16(15)32-17)9-28-18(34)4-5-20(22,23)24;7-6(8)4-2-1-3-5-6/h2-3,8,10H,4-7,9,11H2,1H3,(H,28,34)(H,29,35)(H,31,32);1-5H2. The zero-order valence-corrected chi connectivity index (χ0v) is 23.3. The third-order valence-electron chi connectivity index (χ3n) is 6.68. The van der Waals surface area contributed by atoms with Crippen LogP contribution in [0.5, 0.6) is 0 Å². The van der Waals surface area contributed by atoms with E-state index >= 15 is 0 Å². The number of carbonyl (C=O) groups is 2. The third kappa shape index (κ3) is 11.5. The number of hydrogen-bond acceptors (Lipinski definition) is 4. The zero-order valence-electron chi connectivity index (χ0n) is 23.3. The summed E-state index contributed by atoms with van der Waals surface area (Å²) >= 11 is 0. The molecule has 238 valence electrons. The van der Waals surface area contributed by atoms with E-state index in [1.165, 1.54) is 13.1 Å². The largest absolute Gasteiger partial charge is 0.390 e. The molecule has 2 heterocycles. The number of carbonyl (C=O) groups excluding carboxylic acids is 2. The van der Waals surface area contributed by atoms with E-state index in [0.29, 0.717) is 41.0 Å². The van der Waals surface area contributed by atoms with Crippen LogP contribution in [0, 0.1) is 6.92 Å². The SMILES string of the molecule is Cc1c(C(=O)NCc2nc3ccc(CNC(=O)CCC(F)(F)F)cc3[nH]2)cnn1CCC(F)(F)F.FC1(F)CCCCC1.